The molecule has 3 nitrogen and oxygen atoms in total. The highest BCUT2D eigenvalue weighted by Crippen LogP contribution is 2.32. The van der Waals surface area contributed by atoms with E-state index >= 15 is 0 Å². The Labute approximate surface area is 117 Å². The van der Waals surface area contributed by atoms with E-state index in [9.17, 15) is 4.79 Å². The molecular weight excluding hydrogens is 350 g/mol. The number of carbonyl (C=O) groups excluding carboxylic acids is 1. The summed E-state index contributed by atoms with van der Waals surface area (Å²) in [4.78, 5) is 11.3. The predicted molar refractivity (Wildman–Crippen MR) is 73.6 cm³/mol. The smallest absolute Gasteiger partial charge is 0.233 e. The van der Waals surface area contributed by atoms with Crippen LogP contribution in [0, 0.1) is 0 Å². The Morgan fingerprint density at radius 3 is 3.06 bits per heavy atom. The first kappa shape index (κ1) is 12.9. The third-order valence-electron chi connectivity index (χ3n) is 2.64. The normalized spacial score (nSPS) is 15.0. The van der Waals surface area contributed by atoms with Gasteiger partial charge in [-0.1, -0.05) is 31.9 Å². The van der Waals surface area contributed by atoms with Crippen LogP contribution in [0.5, 0.6) is 5.75 Å². The molecule has 0 bridgehead atoms. The molecule has 0 fully saturated rings. The van der Waals surface area contributed by atoms with Crippen LogP contribution in [0.3, 0.4) is 0 Å². The molecule has 1 amide bonds. The van der Waals surface area contributed by atoms with Gasteiger partial charge in [0.2, 0.25) is 5.91 Å². The fourth-order valence-electron chi connectivity index (χ4n) is 1.80. The average Bonchev–Trinajstić information content (AvgIpc) is 2.72. The molecule has 1 aromatic rings. The van der Waals surface area contributed by atoms with E-state index < -0.39 is 0 Å². The average molecular weight is 363 g/mol. The van der Waals surface area contributed by atoms with Crippen molar-refractivity contribution in [2.75, 3.05) is 6.61 Å². The second-order valence-corrected chi connectivity index (χ2v) is 6.27. The molecule has 0 aliphatic carbocycles. The summed E-state index contributed by atoms with van der Waals surface area (Å²) < 4.78 is 6.62. The molecule has 0 radical (unpaired) electrons. The number of halogens is 2. The topological polar surface area (TPSA) is 38.3 Å². The molecule has 1 atom stereocenters. The Bertz CT molecular complexity index is 446. The lowest BCUT2D eigenvalue weighted by Crippen LogP contribution is -2.28. The fraction of sp³-hybridized carbons (Fsp3) is 0.417. The van der Waals surface area contributed by atoms with Crippen LogP contribution in [0.4, 0.5) is 0 Å². The van der Waals surface area contributed by atoms with Gasteiger partial charge in [0.1, 0.15) is 5.75 Å². The number of hydrogen-bond donors (Lipinski definition) is 1. The lowest BCUT2D eigenvalue weighted by Gasteiger charge is -2.11. The molecular formula is C12H13Br2NO2. The summed E-state index contributed by atoms with van der Waals surface area (Å²) in [5.74, 6) is 0.910. The number of alkyl halides is 1. The van der Waals surface area contributed by atoms with Crippen molar-refractivity contribution >= 4 is 37.8 Å². The number of rotatable bonds is 3. The zero-order chi connectivity index (χ0) is 12.4. The summed E-state index contributed by atoms with van der Waals surface area (Å²) in [7, 11) is 0. The van der Waals surface area contributed by atoms with Crippen LogP contribution in [0.25, 0.3) is 0 Å². The summed E-state index contributed by atoms with van der Waals surface area (Å²) in [6, 6.07) is 4.06. The molecule has 0 aromatic heterocycles. The maximum Gasteiger partial charge on any atom is 0.233 e. The van der Waals surface area contributed by atoms with Gasteiger partial charge < -0.3 is 10.1 Å². The van der Waals surface area contributed by atoms with Crippen molar-refractivity contribution in [3.63, 3.8) is 0 Å². The zero-order valence-electron chi connectivity index (χ0n) is 9.43. The third kappa shape index (κ3) is 3.01. The molecule has 1 N–H and O–H groups in total. The Hall–Kier alpha value is -0.550. The van der Waals surface area contributed by atoms with Gasteiger partial charge in [0.25, 0.3) is 0 Å². The van der Waals surface area contributed by atoms with E-state index in [2.05, 4.69) is 43.2 Å². The van der Waals surface area contributed by atoms with Crippen LogP contribution in [-0.2, 0) is 17.8 Å². The molecule has 1 aliphatic heterocycles. The Morgan fingerprint density at radius 1 is 1.59 bits per heavy atom. The molecule has 0 spiro atoms. The minimum atomic E-state index is -0.177. The first-order valence-electron chi connectivity index (χ1n) is 5.44. The minimum absolute atomic E-state index is 0.0169. The lowest BCUT2D eigenvalue weighted by atomic mass is 10.1. The van der Waals surface area contributed by atoms with Crippen molar-refractivity contribution in [1.29, 1.82) is 0 Å². The molecule has 2 rings (SSSR count). The van der Waals surface area contributed by atoms with E-state index in [1.165, 1.54) is 5.56 Å². The van der Waals surface area contributed by atoms with Crippen molar-refractivity contribution < 1.29 is 9.53 Å². The number of carbonyl (C=O) groups is 1. The summed E-state index contributed by atoms with van der Waals surface area (Å²) in [6.45, 7) is 3.02. The lowest BCUT2D eigenvalue weighted by molar-refractivity contribution is -0.120. The number of fused-ring (bicyclic) bond motifs is 1. The third-order valence-corrected chi connectivity index (χ3v) is 3.51. The summed E-state index contributed by atoms with van der Waals surface area (Å²) in [6.07, 6.45) is 0.935. The van der Waals surface area contributed by atoms with Gasteiger partial charge in [0.15, 0.2) is 0 Å². The highest BCUT2D eigenvalue weighted by Gasteiger charge is 2.18. The number of benzene rings is 1. The van der Waals surface area contributed by atoms with Gasteiger partial charge in [-0.05, 0) is 24.6 Å². The highest BCUT2D eigenvalue weighted by atomic mass is 79.9. The Balaban J connectivity index is 2.13. The van der Waals surface area contributed by atoms with E-state index in [4.69, 9.17) is 4.74 Å². The Morgan fingerprint density at radius 2 is 2.35 bits per heavy atom. The summed E-state index contributed by atoms with van der Waals surface area (Å²) in [5.41, 5.74) is 2.23. The Kier molecular flexibility index (Phi) is 4.09. The van der Waals surface area contributed by atoms with Gasteiger partial charge in [-0.15, -0.1) is 0 Å². The SMILES string of the molecule is CC(Br)C(=O)NCc1cc(Br)cc2c1OCC2. The predicted octanol–water partition coefficient (Wildman–Crippen LogP) is 2.78. The summed E-state index contributed by atoms with van der Waals surface area (Å²) in [5, 5.41) is 2.87. The molecule has 17 heavy (non-hydrogen) atoms. The van der Waals surface area contributed by atoms with Gasteiger partial charge in [0, 0.05) is 23.0 Å². The van der Waals surface area contributed by atoms with Crippen molar-refractivity contribution in [2.24, 2.45) is 0 Å². The van der Waals surface area contributed by atoms with Crippen molar-refractivity contribution in [3.8, 4) is 5.75 Å². The molecule has 1 unspecified atom stereocenters. The second kappa shape index (κ2) is 5.40. The van der Waals surface area contributed by atoms with Crippen LogP contribution in [0.15, 0.2) is 16.6 Å². The first-order valence-corrected chi connectivity index (χ1v) is 7.14. The molecule has 1 aromatic carbocycles. The minimum Gasteiger partial charge on any atom is -0.493 e. The molecule has 1 aliphatic rings. The molecule has 1 heterocycles. The summed E-state index contributed by atoms with van der Waals surface area (Å²) >= 11 is 6.71. The van der Waals surface area contributed by atoms with E-state index in [0.717, 1.165) is 28.8 Å². The maximum absolute atomic E-state index is 11.5. The quantitative estimate of drug-likeness (QED) is 0.839. The van der Waals surface area contributed by atoms with Crippen LogP contribution < -0.4 is 10.1 Å². The molecule has 0 saturated carbocycles. The van der Waals surface area contributed by atoms with Gasteiger partial charge in [-0.2, -0.15) is 0 Å². The van der Waals surface area contributed by atoms with Crippen molar-refractivity contribution in [3.05, 3.63) is 27.7 Å². The molecule has 5 heteroatoms. The van der Waals surface area contributed by atoms with Gasteiger partial charge in [0.05, 0.1) is 11.4 Å². The number of amides is 1. The van der Waals surface area contributed by atoms with E-state index in [1.54, 1.807) is 6.92 Å². The van der Waals surface area contributed by atoms with Crippen LogP contribution >= 0.6 is 31.9 Å². The van der Waals surface area contributed by atoms with Gasteiger partial charge in [-0.3, -0.25) is 4.79 Å². The van der Waals surface area contributed by atoms with E-state index in [-0.39, 0.29) is 10.7 Å². The number of ether oxygens (including phenoxy) is 1. The molecule has 0 saturated heterocycles. The van der Waals surface area contributed by atoms with Crippen LogP contribution in [-0.4, -0.2) is 17.3 Å². The zero-order valence-corrected chi connectivity index (χ0v) is 12.6. The van der Waals surface area contributed by atoms with Crippen LogP contribution in [0.2, 0.25) is 0 Å². The van der Waals surface area contributed by atoms with Crippen molar-refractivity contribution in [2.45, 2.75) is 24.7 Å². The monoisotopic (exact) mass is 361 g/mol. The largest absolute Gasteiger partial charge is 0.493 e. The fourth-order valence-corrected chi connectivity index (χ4v) is 2.51. The first-order chi connectivity index (χ1) is 8.08. The maximum atomic E-state index is 11.5. The van der Waals surface area contributed by atoms with E-state index in [1.807, 2.05) is 6.07 Å². The number of hydrogen-bond acceptors (Lipinski definition) is 2. The standard InChI is InChI=1S/C12H13Br2NO2/c1-7(13)12(16)15-6-9-5-10(14)4-8-2-3-17-11(8)9/h4-5,7H,2-3,6H2,1H3,(H,15,16). The van der Waals surface area contributed by atoms with E-state index in [0.29, 0.717) is 6.54 Å². The van der Waals surface area contributed by atoms with Crippen molar-refractivity contribution in [1.82, 2.24) is 5.32 Å². The van der Waals surface area contributed by atoms with Gasteiger partial charge >= 0.3 is 0 Å². The van der Waals surface area contributed by atoms with Gasteiger partial charge in [-0.25, -0.2) is 0 Å². The second-order valence-electron chi connectivity index (χ2n) is 3.99. The van der Waals surface area contributed by atoms with Crippen LogP contribution in [0.1, 0.15) is 18.1 Å². The highest BCUT2D eigenvalue weighted by molar-refractivity contribution is 9.10. The number of nitrogens with one attached hydrogen (secondary N) is 1. The molecule has 92 valence electrons.